The lowest BCUT2D eigenvalue weighted by Crippen LogP contribution is -2.07. The van der Waals surface area contributed by atoms with E-state index in [0.717, 1.165) is 0 Å². The molecule has 0 unspecified atom stereocenters. The Labute approximate surface area is 176 Å². The molecule has 148 valence electrons. The van der Waals surface area contributed by atoms with Gasteiger partial charge in [-0.05, 0) is 24.3 Å². The summed E-state index contributed by atoms with van der Waals surface area (Å²) in [6.45, 7) is 0. The number of hydrogen-bond acceptors (Lipinski definition) is 9. The first-order chi connectivity index (χ1) is 15.2. The Morgan fingerprint density at radius 3 is 2.61 bits per heavy atom. The van der Waals surface area contributed by atoms with Crippen molar-refractivity contribution >= 4 is 23.4 Å². The number of anilines is 3. The fraction of sp³-hybridized carbons (Fsp3) is 0. The Morgan fingerprint density at radius 2 is 1.84 bits per heavy atom. The molecule has 0 spiro atoms. The van der Waals surface area contributed by atoms with E-state index < -0.39 is 0 Å². The maximum atomic E-state index is 9.61. The van der Waals surface area contributed by atoms with Crippen molar-refractivity contribution in [1.29, 1.82) is 5.26 Å². The quantitative estimate of drug-likeness (QED) is 0.460. The summed E-state index contributed by atoms with van der Waals surface area (Å²) in [4.78, 5) is 21.8. The predicted molar refractivity (Wildman–Crippen MR) is 114 cm³/mol. The lowest BCUT2D eigenvalue weighted by atomic mass is 10.00. The normalized spacial score (nSPS) is 10.7. The van der Waals surface area contributed by atoms with E-state index in [1.165, 1.54) is 10.8 Å². The standard InChI is InChI=1S/C21H14N10/c22-11-13-5-1-2-6-14(13)18-17(15-8-10-24-12-26-15)19-29-21(30-31(19)20(23)28-18)27-16-7-3-4-9-25-16/h1-10,12H,(H2,23,28)(H,25,27,30). The molecular weight excluding hydrogens is 392 g/mol. The Morgan fingerprint density at radius 1 is 0.968 bits per heavy atom. The molecule has 0 aliphatic heterocycles. The number of pyridine rings is 1. The fourth-order valence-corrected chi connectivity index (χ4v) is 3.22. The van der Waals surface area contributed by atoms with E-state index in [2.05, 4.69) is 41.4 Å². The van der Waals surface area contributed by atoms with Crippen molar-refractivity contribution < 1.29 is 0 Å². The van der Waals surface area contributed by atoms with Gasteiger partial charge in [0.25, 0.3) is 0 Å². The largest absolute Gasteiger partial charge is 0.368 e. The minimum absolute atomic E-state index is 0.122. The van der Waals surface area contributed by atoms with Crippen LogP contribution in [0.5, 0.6) is 0 Å². The van der Waals surface area contributed by atoms with Crippen molar-refractivity contribution in [3.8, 4) is 28.6 Å². The van der Waals surface area contributed by atoms with Gasteiger partial charge in [-0.3, -0.25) is 0 Å². The molecule has 0 saturated carbocycles. The summed E-state index contributed by atoms with van der Waals surface area (Å²) in [7, 11) is 0. The number of nitrogens with one attached hydrogen (secondary N) is 1. The van der Waals surface area contributed by atoms with Crippen LogP contribution in [0.25, 0.3) is 28.2 Å². The maximum absolute atomic E-state index is 9.61. The second-order valence-corrected chi connectivity index (χ2v) is 6.46. The van der Waals surface area contributed by atoms with E-state index in [1.54, 1.807) is 36.7 Å². The molecule has 0 radical (unpaired) electrons. The summed E-state index contributed by atoms with van der Waals surface area (Å²) >= 11 is 0. The van der Waals surface area contributed by atoms with Gasteiger partial charge >= 0.3 is 0 Å². The molecule has 0 saturated heterocycles. The number of fused-ring (bicyclic) bond motifs is 1. The SMILES string of the molecule is N#Cc1ccccc1-c1nc(N)n2nc(Nc3ccccn3)nc2c1-c1ccncn1. The van der Waals surface area contributed by atoms with Gasteiger partial charge in [0.2, 0.25) is 11.9 Å². The zero-order valence-electron chi connectivity index (χ0n) is 16.0. The summed E-state index contributed by atoms with van der Waals surface area (Å²) in [5, 5.41) is 17.1. The van der Waals surface area contributed by atoms with Crippen molar-refractivity contribution in [3.63, 3.8) is 0 Å². The molecule has 5 rings (SSSR count). The molecular formula is C21H14N10. The molecule has 31 heavy (non-hydrogen) atoms. The van der Waals surface area contributed by atoms with Crippen LogP contribution in [0, 0.1) is 11.3 Å². The minimum Gasteiger partial charge on any atom is -0.368 e. The molecule has 1 aromatic carbocycles. The van der Waals surface area contributed by atoms with Crippen LogP contribution in [-0.4, -0.2) is 34.5 Å². The number of nitrogens with zero attached hydrogens (tertiary/aromatic N) is 8. The van der Waals surface area contributed by atoms with Crippen LogP contribution < -0.4 is 11.1 Å². The zero-order valence-corrected chi connectivity index (χ0v) is 16.0. The summed E-state index contributed by atoms with van der Waals surface area (Å²) in [5.74, 6) is 1.01. The lowest BCUT2D eigenvalue weighted by molar-refractivity contribution is 0.943. The topological polar surface area (TPSA) is 144 Å². The number of benzene rings is 1. The molecule has 4 aromatic heterocycles. The predicted octanol–water partition coefficient (Wildman–Crippen LogP) is 2.84. The number of nitriles is 1. The first-order valence-corrected chi connectivity index (χ1v) is 9.25. The molecule has 10 nitrogen and oxygen atoms in total. The van der Waals surface area contributed by atoms with Crippen molar-refractivity contribution in [2.75, 3.05) is 11.1 Å². The Bertz CT molecular complexity index is 1420. The van der Waals surface area contributed by atoms with E-state index in [9.17, 15) is 5.26 Å². The monoisotopic (exact) mass is 406 g/mol. The van der Waals surface area contributed by atoms with E-state index in [0.29, 0.717) is 45.5 Å². The van der Waals surface area contributed by atoms with Gasteiger partial charge in [0.05, 0.1) is 28.6 Å². The molecule has 5 aromatic rings. The first kappa shape index (κ1) is 18.1. The third kappa shape index (κ3) is 3.26. The van der Waals surface area contributed by atoms with Crippen LogP contribution >= 0.6 is 0 Å². The lowest BCUT2D eigenvalue weighted by Gasteiger charge is -2.12. The van der Waals surface area contributed by atoms with Crippen LogP contribution in [-0.2, 0) is 0 Å². The third-order valence-corrected chi connectivity index (χ3v) is 4.56. The van der Waals surface area contributed by atoms with E-state index in [-0.39, 0.29) is 5.95 Å². The van der Waals surface area contributed by atoms with Crippen LogP contribution in [0.2, 0.25) is 0 Å². The number of hydrogen-bond donors (Lipinski definition) is 2. The maximum Gasteiger partial charge on any atom is 0.248 e. The smallest absolute Gasteiger partial charge is 0.248 e. The second kappa shape index (κ2) is 7.49. The van der Waals surface area contributed by atoms with Crippen LogP contribution in [0.15, 0.2) is 67.3 Å². The molecule has 0 bridgehead atoms. The van der Waals surface area contributed by atoms with Crippen molar-refractivity contribution in [2.24, 2.45) is 0 Å². The molecule has 4 heterocycles. The van der Waals surface area contributed by atoms with E-state index >= 15 is 0 Å². The Hall–Kier alpha value is -4.91. The summed E-state index contributed by atoms with van der Waals surface area (Å²) in [6.07, 6.45) is 4.72. The number of nitrogens with two attached hydrogens (primary N) is 1. The van der Waals surface area contributed by atoms with Gasteiger partial charge in [-0.1, -0.05) is 24.3 Å². The van der Waals surface area contributed by atoms with Crippen LogP contribution in [0.3, 0.4) is 0 Å². The number of rotatable bonds is 4. The highest BCUT2D eigenvalue weighted by molar-refractivity contribution is 5.91. The van der Waals surface area contributed by atoms with Crippen LogP contribution in [0.1, 0.15) is 5.56 Å². The number of aromatic nitrogens is 7. The van der Waals surface area contributed by atoms with Gasteiger partial charge in [0.15, 0.2) is 5.65 Å². The van der Waals surface area contributed by atoms with Crippen molar-refractivity contribution in [2.45, 2.75) is 0 Å². The molecule has 0 atom stereocenters. The molecule has 0 amide bonds. The molecule has 10 heteroatoms. The Balaban J connectivity index is 1.79. The molecule has 0 aliphatic rings. The summed E-state index contributed by atoms with van der Waals surface area (Å²) < 4.78 is 1.43. The Kier molecular flexibility index (Phi) is 4.38. The van der Waals surface area contributed by atoms with Gasteiger partial charge in [-0.25, -0.2) is 19.9 Å². The van der Waals surface area contributed by atoms with E-state index in [4.69, 9.17) is 5.73 Å². The van der Waals surface area contributed by atoms with Crippen molar-refractivity contribution in [3.05, 3.63) is 72.8 Å². The fourth-order valence-electron chi connectivity index (χ4n) is 3.22. The molecule has 0 aliphatic carbocycles. The minimum atomic E-state index is 0.122. The summed E-state index contributed by atoms with van der Waals surface area (Å²) in [6, 6.07) is 16.6. The van der Waals surface area contributed by atoms with Gasteiger partial charge < -0.3 is 11.1 Å². The molecule has 3 N–H and O–H groups in total. The number of nitrogen functional groups attached to an aromatic ring is 1. The second-order valence-electron chi connectivity index (χ2n) is 6.46. The zero-order chi connectivity index (χ0) is 21.2. The first-order valence-electron chi connectivity index (χ1n) is 9.25. The van der Waals surface area contributed by atoms with Crippen LogP contribution in [0.4, 0.5) is 17.7 Å². The summed E-state index contributed by atoms with van der Waals surface area (Å²) in [5.41, 5.74) is 9.39. The average molecular weight is 406 g/mol. The van der Waals surface area contributed by atoms with Gasteiger partial charge in [0.1, 0.15) is 12.1 Å². The van der Waals surface area contributed by atoms with Gasteiger partial charge in [-0.15, -0.1) is 5.10 Å². The third-order valence-electron chi connectivity index (χ3n) is 4.56. The molecule has 0 fully saturated rings. The highest BCUT2D eigenvalue weighted by Gasteiger charge is 2.22. The highest BCUT2D eigenvalue weighted by Crippen LogP contribution is 2.35. The average Bonchev–Trinajstić information content (AvgIpc) is 3.24. The van der Waals surface area contributed by atoms with E-state index in [1.807, 2.05) is 24.3 Å². The van der Waals surface area contributed by atoms with Crippen molar-refractivity contribution in [1.82, 2.24) is 34.5 Å². The van der Waals surface area contributed by atoms with Gasteiger partial charge in [-0.2, -0.15) is 14.8 Å². The van der Waals surface area contributed by atoms with Gasteiger partial charge in [0, 0.05) is 18.0 Å². The highest BCUT2D eigenvalue weighted by atomic mass is 15.4.